The molecule has 3 N–H and O–H groups in total. The molecule has 3 heterocycles. The van der Waals surface area contributed by atoms with E-state index in [1.54, 1.807) is 18.3 Å². The predicted octanol–water partition coefficient (Wildman–Crippen LogP) is 0.507. The molecule has 1 amide bonds. The van der Waals surface area contributed by atoms with Crippen molar-refractivity contribution in [1.82, 2.24) is 15.2 Å². The van der Waals surface area contributed by atoms with Gasteiger partial charge in [0.25, 0.3) is 5.91 Å². The summed E-state index contributed by atoms with van der Waals surface area (Å²) < 4.78 is 0. The van der Waals surface area contributed by atoms with Gasteiger partial charge in [0.15, 0.2) is 0 Å². The van der Waals surface area contributed by atoms with Crippen LogP contribution in [0.5, 0.6) is 0 Å². The second-order valence-corrected chi connectivity index (χ2v) is 5.35. The molecule has 1 aromatic rings. The number of hydrogen-bond donors (Lipinski definition) is 2. The number of amides is 1. The first-order valence-electron chi connectivity index (χ1n) is 6.98. The van der Waals surface area contributed by atoms with Gasteiger partial charge in [0.2, 0.25) is 0 Å². The summed E-state index contributed by atoms with van der Waals surface area (Å²) in [6.07, 6.45) is 5.16. The highest BCUT2D eigenvalue weighted by atomic mass is 16.1. The van der Waals surface area contributed by atoms with Crippen molar-refractivity contribution in [2.45, 2.75) is 37.9 Å². The van der Waals surface area contributed by atoms with E-state index in [0.29, 0.717) is 24.2 Å². The van der Waals surface area contributed by atoms with Crippen LogP contribution in [0.15, 0.2) is 18.3 Å². The maximum atomic E-state index is 12.3. The van der Waals surface area contributed by atoms with Gasteiger partial charge in [-0.25, -0.2) is 0 Å². The van der Waals surface area contributed by atoms with Crippen molar-refractivity contribution in [1.29, 1.82) is 0 Å². The predicted molar refractivity (Wildman–Crippen MR) is 72.6 cm³/mol. The molecule has 0 bridgehead atoms. The standard InChI is InChI=1S/C14H20N4O/c15-9-11-8-10(3-5-16-11)14(19)17-12-4-7-18-6-1-2-13(12)18/h3,5,8,12-13H,1-2,4,6-7,9,15H2,(H,17,19). The Morgan fingerprint density at radius 2 is 2.37 bits per heavy atom. The van der Waals surface area contributed by atoms with Crippen LogP contribution in [0.1, 0.15) is 35.3 Å². The van der Waals surface area contributed by atoms with Gasteiger partial charge in [-0.3, -0.25) is 14.7 Å². The van der Waals surface area contributed by atoms with E-state index in [-0.39, 0.29) is 5.91 Å². The largest absolute Gasteiger partial charge is 0.348 e. The maximum absolute atomic E-state index is 12.3. The van der Waals surface area contributed by atoms with E-state index < -0.39 is 0 Å². The van der Waals surface area contributed by atoms with Crippen LogP contribution in [0.4, 0.5) is 0 Å². The van der Waals surface area contributed by atoms with Crippen LogP contribution in [0.3, 0.4) is 0 Å². The number of nitrogens with one attached hydrogen (secondary N) is 1. The molecule has 102 valence electrons. The molecule has 0 aliphatic carbocycles. The van der Waals surface area contributed by atoms with Crippen LogP contribution in [-0.2, 0) is 6.54 Å². The topological polar surface area (TPSA) is 71.2 Å². The van der Waals surface area contributed by atoms with Crippen LogP contribution >= 0.6 is 0 Å². The Morgan fingerprint density at radius 3 is 3.21 bits per heavy atom. The molecule has 2 unspecified atom stereocenters. The Hall–Kier alpha value is -1.46. The van der Waals surface area contributed by atoms with Gasteiger partial charge in [-0.2, -0.15) is 0 Å². The third-order valence-electron chi connectivity index (χ3n) is 4.21. The van der Waals surface area contributed by atoms with Crippen LogP contribution in [-0.4, -0.2) is 41.0 Å². The van der Waals surface area contributed by atoms with E-state index in [1.165, 1.54) is 19.4 Å². The van der Waals surface area contributed by atoms with Crippen molar-refractivity contribution < 1.29 is 4.79 Å². The first-order chi connectivity index (χ1) is 9.28. The Labute approximate surface area is 113 Å². The molecule has 1 aromatic heterocycles. The van der Waals surface area contributed by atoms with Gasteiger partial charge in [0.05, 0.1) is 5.69 Å². The first-order valence-corrected chi connectivity index (χ1v) is 6.98. The molecule has 0 radical (unpaired) electrons. The Morgan fingerprint density at radius 1 is 1.47 bits per heavy atom. The highest BCUT2D eigenvalue weighted by Gasteiger charge is 2.37. The number of hydrogen-bond acceptors (Lipinski definition) is 4. The first kappa shape index (κ1) is 12.6. The third kappa shape index (κ3) is 2.48. The number of rotatable bonds is 3. The molecule has 0 saturated carbocycles. The fraction of sp³-hybridized carbons (Fsp3) is 0.571. The number of nitrogens with two attached hydrogens (primary N) is 1. The van der Waals surface area contributed by atoms with E-state index in [0.717, 1.165) is 18.7 Å². The summed E-state index contributed by atoms with van der Waals surface area (Å²) in [5.41, 5.74) is 6.96. The Kier molecular flexibility index (Phi) is 3.48. The molecule has 5 nitrogen and oxygen atoms in total. The lowest BCUT2D eigenvalue weighted by atomic mass is 10.1. The Bertz CT molecular complexity index is 476. The fourth-order valence-electron chi connectivity index (χ4n) is 3.23. The number of pyridine rings is 1. The molecule has 19 heavy (non-hydrogen) atoms. The summed E-state index contributed by atoms with van der Waals surface area (Å²) in [7, 11) is 0. The highest BCUT2D eigenvalue weighted by Crippen LogP contribution is 2.28. The van der Waals surface area contributed by atoms with Crippen LogP contribution < -0.4 is 11.1 Å². The van der Waals surface area contributed by atoms with E-state index >= 15 is 0 Å². The second-order valence-electron chi connectivity index (χ2n) is 5.35. The van der Waals surface area contributed by atoms with Gasteiger partial charge in [-0.1, -0.05) is 0 Å². The summed E-state index contributed by atoms with van der Waals surface area (Å²) in [5.74, 6) is -0.00384. The second kappa shape index (κ2) is 5.27. The van der Waals surface area contributed by atoms with Crippen LogP contribution in [0, 0.1) is 0 Å². The number of nitrogens with zero attached hydrogens (tertiary/aromatic N) is 2. The van der Waals surface area contributed by atoms with Crippen LogP contribution in [0.25, 0.3) is 0 Å². The lowest BCUT2D eigenvalue weighted by molar-refractivity contribution is 0.0929. The zero-order chi connectivity index (χ0) is 13.2. The molecular formula is C14H20N4O. The minimum atomic E-state index is -0.00384. The van der Waals surface area contributed by atoms with Gasteiger partial charge >= 0.3 is 0 Å². The summed E-state index contributed by atoms with van der Waals surface area (Å²) in [6, 6.07) is 4.36. The average molecular weight is 260 g/mol. The Balaban J connectivity index is 1.67. The summed E-state index contributed by atoms with van der Waals surface area (Å²) in [5, 5.41) is 3.17. The van der Waals surface area contributed by atoms with E-state index in [9.17, 15) is 4.79 Å². The smallest absolute Gasteiger partial charge is 0.251 e. The van der Waals surface area contributed by atoms with E-state index in [1.807, 2.05) is 0 Å². The zero-order valence-corrected chi connectivity index (χ0v) is 11.0. The number of fused-ring (bicyclic) bond motifs is 1. The highest BCUT2D eigenvalue weighted by molar-refractivity contribution is 5.94. The number of carbonyl (C=O) groups is 1. The van der Waals surface area contributed by atoms with Gasteiger partial charge in [-0.15, -0.1) is 0 Å². The summed E-state index contributed by atoms with van der Waals surface area (Å²) >= 11 is 0. The lowest BCUT2D eigenvalue weighted by Crippen LogP contribution is -2.42. The molecule has 2 fully saturated rings. The molecule has 2 atom stereocenters. The average Bonchev–Trinajstić information content (AvgIpc) is 3.04. The molecule has 2 saturated heterocycles. The van der Waals surface area contributed by atoms with Crippen LogP contribution in [0.2, 0.25) is 0 Å². The normalized spacial score (nSPS) is 26.4. The molecule has 2 aliphatic rings. The van der Waals surface area contributed by atoms with Gasteiger partial charge in [0.1, 0.15) is 0 Å². The van der Waals surface area contributed by atoms with E-state index in [4.69, 9.17) is 5.73 Å². The quantitative estimate of drug-likeness (QED) is 0.830. The molecule has 2 aliphatic heterocycles. The molecule has 5 heteroatoms. The fourth-order valence-corrected chi connectivity index (χ4v) is 3.23. The molecule has 0 spiro atoms. The van der Waals surface area contributed by atoms with Gasteiger partial charge < -0.3 is 11.1 Å². The number of aromatic nitrogens is 1. The summed E-state index contributed by atoms with van der Waals surface area (Å²) in [6.45, 7) is 2.66. The van der Waals surface area contributed by atoms with Gasteiger partial charge in [0, 0.05) is 36.9 Å². The molecular weight excluding hydrogens is 240 g/mol. The van der Waals surface area contributed by atoms with Gasteiger partial charge in [-0.05, 0) is 37.9 Å². The minimum Gasteiger partial charge on any atom is -0.348 e. The van der Waals surface area contributed by atoms with Crippen molar-refractivity contribution in [3.8, 4) is 0 Å². The maximum Gasteiger partial charge on any atom is 0.251 e. The van der Waals surface area contributed by atoms with E-state index in [2.05, 4.69) is 15.2 Å². The minimum absolute atomic E-state index is 0.00384. The van der Waals surface area contributed by atoms with Crippen molar-refractivity contribution in [2.24, 2.45) is 5.73 Å². The lowest BCUT2D eigenvalue weighted by Gasteiger charge is -2.21. The SMILES string of the molecule is NCc1cc(C(=O)NC2CCN3CCCC23)ccn1. The molecule has 0 aromatic carbocycles. The number of carbonyl (C=O) groups excluding carboxylic acids is 1. The van der Waals surface area contributed by atoms with Crippen molar-refractivity contribution in [3.63, 3.8) is 0 Å². The van der Waals surface area contributed by atoms with Crippen molar-refractivity contribution in [2.75, 3.05) is 13.1 Å². The monoisotopic (exact) mass is 260 g/mol. The third-order valence-corrected chi connectivity index (χ3v) is 4.21. The molecule has 3 rings (SSSR count). The van der Waals surface area contributed by atoms with Crippen molar-refractivity contribution in [3.05, 3.63) is 29.6 Å². The summed E-state index contributed by atoms with van der Waals surface area (Å²) in [4.78, 5) is 18.9. The zero-order valence-electron chi connectivity index (χ0n) is 11.0. The van der Waals surface area contributed by atoms with Crippen molar-refractivity contribution >= 4 is 5.91 Å².